The summed E-state index contributed by atoms with van der Waals surface area (Å²) in [6.45, 7) is 3.08. The fourth-order valence-corrected chi connectivity index (χ4v) is 2.53. The second-order valence-corrected chi connectivity index (χ2v) is 6.22. The van der Waals surface area contributed by atoms with Gasteiger partial charge in [-0.3, -0.25) is 0 Å². The van der Waals surface area contributed by atoms with Crippen LogP contribution in [0.2, 0.25) is 0 Å². The molecule has 0 saturated carbocycles. The van der Waals surface area contributed by atoms with Gasteiger partial charge in [0.05, 0.1) is 26.4 Å². The van der Waals surface area contributed by atoms with Crippen molar-refractivity contribution in [2.75, 3.05) is 26.4 Å². The van der Waals surface area contributed by atoms with Crippen LogP contribution in [0.25, 0.3) is 0 Å². The molecule has 1 aromatic carbocycles. The van der Waals surface area contributed by atoms with Crippen LogP contribution in [0.15, 0.2) is 30.3 Å². The molecule has 0 spiro atoms. The Kier molecular flexibility index (Phi) is 4.54. The Hall–Kier alpha value is -1.67. The first kappa shape index (κ1) is 16.2. The number of benzene rings is 1. The molecule has 0 unspecified atom stereocenters. The van der Waals surface area contributed by atoms with Crippen molar-refractivity contribution in [3.63, 3.8) is 0 Å². The number of ether oxygens (including phenoxy) is 4. The van der Waals surface area contributed by atoms with Crippen molar-refractivity contribution >= 4 is 6.09 Å². The molecular weight excluding hydrogens is 302 g/mol. The number of fused-ring (bicyclic) bond motifs is 3. The van der Waals surface area contributed by atoms with Gasteiger partial charge in [0, 0.05) is 5.41 Å². The highest BCUT2D eigenvalue weighted by Crippen LogP contribution is 2.39. The third-order valence-electron chi connectivity index (χ3n) is 3.98. The van der Waals surface area contributed by atoms with E-state index in [1.54, 1.807) is 0 Å². The van der Waals surface area contributed by atoms with Crippen molar-refractivity contribution in [1.29, 1.82) is 0 Å². The molecule has 0 aliphatic carbocycles. The molecule has 126 valence electrons. The Bertz CT molecular complexity index is 524. The molecule has 2 N–H and O–H groups in total. The molecule has 3 heterocycles. The van der Waals surface area contributed by atoms with Gasteiger partial charge in [0.25, 0.3) is 0 Å². The average molecular weight is 323 g/mol. The Morgan fingerprint density at radius 1 is 1.26 bits per heavy atom. The number of hydrogen-bond donors (Lipinski definition) is 2. The number of alkyl carbamates (subject to hydrolysis) is 1. The lowest BCUT2D eigenvalue weighted by Crippen LogP contribution is -2.68. The first-order valence-corrected chi connectivity index (χ1v) is 7.55. The van der Waals surface area contributed by atoms with Crippen molar-refractivity contribution in [2.45, 2.75) is 25.5 Å². The van der Waals surface area contributed by atoms with Crippen molar-refractivity contribution in [2.24, 2.45) is 5.41 Å². The van der Waals surface area contributed by atoms with Gasteiger partial charge in [-0.05, 0) is 5.56 Å². The summed E-state index contributed by atoms with van der Waals surface area (Å²) in [5.74, 6) is -1.45. The lowest BCUT2D eigenvalue weighted by molar-refractivity contribution is -0.474. The van der Waals surface area contributed by atoms with Gasteiger partial charge >= 0.3 is 12.1 Å². The Balaban J connectivity index is 1.56. The minimum atomic E-state index is -1.45. The second kappa shape index (κ2) is 6.45. The lowest BCUT2D eigenvalue weighted by Gasteiger charge is -2.52. The smallest absolute Gasteiger partial charge is 0.408 e. The molecule has 0 radical (unpaired) electrons. The number of carbonyl (C=O) groups excluding carboxylic acids is 1. The molecule has 1 atom stereocenters. The zero-order valence-electron chi connectivity index (χ0n) is 13.0. The van der Waals surface area contributed by atoms with E-state index in [-0.39, 0.29) is 12.0 Å². The van der Waals surface area contributed by atoms with E-state index in [9.17, 15) is 9.90 Å². The molecule has 3 fully saturated rings. The van der Waals surface area contributed by atoms with Gasteiger partial charge < -0.3 is 29.4 Å². The number of amides is 1. The van der Waals surface area contributed by atoms with Gasteiger partial charge in [0.2, 0.25) is 0 Å². The van der Waals surface area contributed by atoms with Crippen molar-refractivity contribution in [3.8, 4) is 0 Å². The summed E-state index contributed by atoms with van der Waals surface area (Å²) >= 11 is 0. The third kappa shape index (κ3) is 3.48. The standard InChI is InChI=1S/C16H21NO6/c1-15-9-21-16(22-10-15,23-11-15)13(7-18)17-14(19)20-8-12-5-3-2-4-6-12/h2-6,13,18H,7-11H2,1H3,(H,17,19)/t13-,15?,16?/m0/s1. The van der Waals surface area contributed by atoms with Gasteiger partial charge in [-0.25, -0.2) is 4.79 Å². The fourth-order valence-electron chi connectivity index (χ4n) is 2.53. The van der Waals surface area contributed by atoms with Crippen LogP contribution in [0.4, 0.5) is 4.79 Å². The Labute approximate surface area is 134 Å². The monoisotopic (exact) mass is 323 g/mol. The predicted octanol–water partition coefficient (Wildman–Crippen LogP) is 1.01. The van der Waals surface area contributed by atoms with Crippen LogP contribution in [-0.2, 0) is 25.6 Å². The van der Waals surface area contributed by atoms with Crippen molar-refractivity contribution in [1.82, 2.24) is 5.32 Å². The molecule has 3 aliphatic heterocycles. The van der Waals surface area contributed by atoms with Crippen molar-refractivity contribution in [3.05, 3.63) is 35.9 Å². The van der Waals surface area contributed by atoms with Crippen LogP contribution in [0, 0.1) is 5.41 Å². The first-order valence-electron chi connectivity index (χ1n) is 7.55. The number of hydrogen-bond acceptors (Lipinski definition) is 6. The van der Waals surface area contributed by atoms with Crippen LogP contribution < -0.4 is 5.32 Å². The maximum atomic E-state index is 12.0. The molecule has 3 aliphatic rings. The van der Waals surface area contributed by atoms with Crippen molar-refractivity contribution < 1.29 is 28.8 Å². The van der Waals surface area contributed by atoms with Gasteiger partial charge in [0.1, 0.15) is 12.6 Å². The molecule has 0 aromatic heterocycles. The molecule has 2 bridgehead atoms. The largest absolute Gasteiger partial charge is 0.445 e. The fraction of sp³-hybridized carbons (Fsp3) is 0.562. The molecule has 3 saturated heterocycles. The minimum Gasteiger partial charge on any atom is -0.445 e. The molecule has 7 nitrogen and oxygen atoms in total. The van der Waals surface area contributed by atoms with Gasteiger partial charge in [-0.15, -0.1) is 0 Å². The quantitative estimate of drug-likeness (QED) is 0.841. The number of nitrogens with one attached hydrogen (secondary N) is 1. The van der Waals surface area contributed by atoms with Crippen LogP contribution in [0.5, 0.6) is 0 Å². The Morgan fingerprint density at radius 3 is 2.43 bits per heavy atom. The predicted molar refractivity (Wildman–Crippen MR) is 79.3 cm³/mol. The SMILES string of the molecule is CC12COC([C@H](CO)NC(=O)OCc3ccccc3)(OC1)OC2. The van der Waals surface area contributed by atoms with E-state index < -0.39 is 24.7 Å². The van der Waals surface area contributed by atoms with E-state index in [2.05, 4.69) is 5.32 Å². The normalized spacial score (nSPS) is 30.7. The summed E-state index contributed by atoms with van der Waals surface area (Å²) < 4.78 is 22.0. The topological polar surface area (TPSA) is 86.3 Å². The van der Waals surface area contributed by atoms with Crippen LogP contribution in [0.1, 0.15) is 12.5 Å². The molecular formula is C16H21NO6. The number of aliphatic hydroxyl groups excluding tert-OH is 1. The summed E-state index contributed by atoms with van der Waals surface area (Å²) in [5, 5.41) is 12.1. The highest BCUT2D eigenvalue weighted by molar-refractivity contribution is 5.67. The zero-order chi connectivity index (χ0) is 16.3. The summed E-state index contributed by atoms with van der Waals surface area (Å²) in [7, 11) is 0. The molecule has 4 rings (SSSR count). The van der Waals surface area contributed by atoms with Crippen LogP contribution >= 0.6 is 0 Å². The minimum absolute atomic E-state index is 0.137. The maximum Gasteiger partial charge on any atom is 0.408 e. The lowest BCUT2D eigenvalue weighted by atomic mass is 9.91. The maximum absolute atomic E-state index is 12.0. The van der Waals surface area contributed by atoms with Crippen LogP contribution in [-0.4, -0.2) is 49.6 Å². The molecule has 1 aromatic rings. The average Bonchev–Trinajstić information content (AvgIpc) is 2.60. The zero-order valence-corrected chi connectivity index (χ0v) is 13.0. The van der Waals surface area contributed by atoms with E-state index >= 15 is 0 Å². The summed E-state index contributed by atoms with van der Waals surface area (Å²) in [6, 6.07) is 8.46. The van der Waals surface area contributed by atoms with E-state index in [0.29, 0.717) is 19.8 Å². The van der Waals surface area contributed by atoms with E-state index in [1.807, 2.05) is 37.3 Å². The van der Waals surface area contributed by atoms with E-state index in [4.69, 9.17) is 18.9 Å². The summed E-state index contributed by atoms with van der Waals surface area (Å²) in [6.07, 6.45) is -0.669. The molecule has 23 heavy (non-hydrogen) atoms. The van der Waals surface area contributed by atoms with Gasteiger partial charge in [-0.2, -0.15) is 0 Å². The van der Waals surface area contributed by atoms with Gasteiger partial charge in [-0.1, -0.05) is 37.3 Å². The summed E-state index contributed by atoms with van der Waals surface area (Å²) in [4.78, 5) is 12.0. The Morgan fingerprint density at radius 2 is 1.87 bits per heavy atom. The number of rotatable bonds is 5. The highest BCUT2D eigenvalue weighted by Gasteiger charge is 2.55. The summed E-state index contributed by atoms with van der Waals surface area (Å²) in [5.41, 5.74) is 0.687. The van der Waals surface area contributed by atoms with Gasteiger partial charge in [0.15, 0.2) is 0 Å². The second-order valence-electron chi connectivity index (χ2n) is 6.22. The number of aliphatic hydroxyl groups is 1. The highest BCUT2D eigenvalue weighted by atomic mass is 16.9. The molecule has 1 amide bonds. The third-order valence-corrected chi connectivity index (χ3v) is 3.98. The van der Waals surface area contributed by atoms with E-state index in [1.165, 1.54) is 0 Å². The molecule has 7 heteroatoms. The number of carbonyl (C=O) groups is 1. The van der Waals surface area contributed by atoms with Crippen LogP contribution in [0.3, 0.4) is 0 Å². The van der Waals surface area contributed by atoms with E-state index in [0.717, 1.165) is 5.56 Å². The first-order chi connectivity index (χ1) is 11.1.